The number of carbonyl (C=O) groups excluding carboxylic acids is 3. The summed E-state index contributed by atoms with van der Waals surface area (Å²) < 4.78 is 33.1. The van der Waals surface area contributed by atoms with Crippen LogP contribution in [0.1, 0.15) is 0 Å². The van der Waals surface area contributed by atoms with Crippen LogP contribution in [0.4, 0.5) is 0 Å². The van der Waals surface area contributed by atoms with Crippen molar-refractivity contribution in [1.82, 2.24) is 26.4 Å². The van der Waals surface area contributed by atoms with E-state index in [4.69, 9.17) is 28.4 Å². The zero-order valence-corrected chi connectivity index (χ0v) is 28.4. The van der Waals surface area contributed by atoms with Gasteiger partial charge in [0, 0.05) is 20.6 Å². The van der Waals surface area contributed by atoms with Gasteiger partial charge in [-0.15, -0.1) is 0 Å². The Morgan fingerprint density at radius 2 is 1.08 bits per heavy atom. The topological polar surface area (TPSA) is 360 Å². The van der Waals surface area contributed by atoms with Crippen LogP contribution in [0, 0.1) is 0 Å². The first-order valence-corrected chi connectivity index (χ1v) is 16.3. The predicted octanol–water partition coefficient (Wildman–Crippen LogP) is -10.1. The average molecular weight is 762 g/mol. The maximum atomic E-state index is 12.4. The fourth-order valence-electron chi connectivity index (χ4n) is 5.43. The maximum Gasteiger partial charge on any atom is 0.248 e. The highest BCUT2D eigenvalue weighted by atomic mass is 16.7. The van der Waals surface area contributed by atoms with Gasteiger partial charge in [-0.1, -0.05) is 0 Å². The van der Waals surface area contributed by atoms with Crippen LogP contribution in [0.15, 0.2) is 0 Å². The zero-order chi connectivity index (χ0) is 38.7. The number of rotatable bonds is 18. The summed E-state index contributed by atoms with van der Waals surface area (Å²) in [6.45, 7) is -3.42. The van der Waals surface area contributed by atoms with E-state index in [0.717, 1.165) is 0 Å². The molecule has 14 N–H and O–H groups in total. The van der Waals surface area contributed by atoms with Gasteiger partial charge in [-0.05, 0) is 0 Å². The Bertz CT molecular complexity index is 1110. The molecule has 0 spiro atoms. The van der Waals surface area contributed by atoms with Crippen molar-refractivity contribution >= 4 is 17.7 Å². The lowest BCUT2D eigenvalue weighted by Gasteiger charge is -2.46. The molecule has 0 unspecified atom stereocenters. The van der Waals surface area contributed by atoms with E-state index < -0.39 is 130 Å². The molecule has 3 rings (SSSR count). The SMILES string of the molecule is CNC(=O)CN(CC(=O)NC)CC(=O)NNCCO[C@H]1O[C@H](CO[C@H]2O[C@H](CO)[C@@H](O)[C@H](O)[C@@H]2O)[C@@H](O)[C@H](O[C@H]2O[C@H](CO)[C@@H](O)[C@H](O)[C@@H]2O)[C@@H]1O. The summed E-state index contributed by atoms with van der Waals surface area (Å²) in [5.74, 6) is -1.48. The second kappa shape index (κ2) is 21.0. The highest BCUT2D eigenvalue weighted by Gasteiger charge is 2.52. The Morgan fingerprint density at radius 1 is 0.596 bits per heavy atom. The number of nitrogens with one attached hydrogen (secondary N) is 4. The molecule has 24 heteroatoms. The van der Waals surface area contributed by atoms with Crippen molar-refractivity contribution in [2.24, 2.45) is 0 Å². The Balaban J connectivity index is 1.65. The van der Waals surface area contributed by atoms with Crippen LogP contribution in [0.25, 0.3) is 0 Å². The van der Waals surface area contributed by atoms with Crippen LogP contribution < -0.4 is 21.5 Å². The lowest BCUT2D eigenvalue weighted by atomic mass is 9.96. The molecular weight excluding hydrogens is 710 g/mol. The molecule has 3 amide bonds. The number of nitrogens with zero attached hydrogens (tertiary/aromatic N) is 1. The Morgan fingerprint density at radius 3 is 1.62 bits per heavy atom. The highest BCUT2D eigenvalue weighted by Crippen LogP contribution is 2.31. The van der Waals surface area contributed by atoms with E-state index in [2.05, 4.69) is 21.5 Å². The van der Waals surface area contributed by atoms with Gasteiger partial charge in [-0.2, -0.15) is 0 Å². The molecule has 3 aliphatic rings. The van der Waals surface area contributed by atoms with Gasteiger partial charge in [0.25, 0.3) is 0 Å². The first-order valence-electron chi connectivity index (χ1n) is 16.3. The van der Waals surface area contributed by atoms with Gasteiger partial charge < -0.3 is 90.1 Å². The monoisotopic (exact) mass is 761 g/mol. The standard InChI is InChI=1S/C28H51N5O19/c1-29-14(36)5-33(6-15(37)30-2)7-16(38)32-31-3-4-47-27-24(46)25(52-28-23(45)21(43)18(40)12(9-35)50-28)19(41)13(51-27)10-48-26-22(44)20(42)17(39)11(8-34)49-26/h11-13,17-28,31,34-35,39-46H,3-10H2,1-2H3,(H,29,36)(H,30,37)(H,32,38)/t11-,12-,13-,17-,18-,19-,20+,21+,22+,23+,24+,25+,26+,27+,28-/m1/s1. The molecule has 15 atom stereocenters. The van der Waals surface area contributed by atoms with E-state index in [1.54, 1.807) is 0 Å². The number of hydrogen-bond acceptors (Lipinski definition) is 21. The van der Waals surface area contributed by atoms with Gasteiger partial charge in [0.1, 0.15) is 73.2 Å². The van der Waals surface area contributed by atoms with Crippen LogP contribution >= 0.6 is 0 Å². The van der Waals surface area contributed by atoms with Crippen molar-refractivity contribution in [3.05, 3.63) is 0 Å². The van der Waals surface area contributed by atoms with E-state index in [-0.39, 0.29) is 32.8 Å². The van der Waals surface area contributed by atoms with Crippen LogP contribution in [-0.2, 0) is 42.8 Å². The molecule has 24 nitrogen and oxygen atoms in total. The molecule has 3 saturated heterocycles. The van der Waals surface area contributed by atoms with Crippen molar-refractivity contribution < 1.29 is 93.9 Å². The fraction of sp³-hybridized carbons (Fsp3) is 0.893. The first-order chi connectivity index (χ1) is 24.7. The second-order valence-electron chi connectivity index (χ2n) is 12.2. The van der Waals surface area contributed by atoms with Crippen LogP contribution in [0.3, 0.4) is 0 Å². The number of hydrazine groups is 1. The molecule has 0 radical (unpaired) electrons. The first kappa shape index (κ1) is 44.1. The van der Waals surface area contributed by atoms with Gasteiger partial charge in [-0.25, -0.2) is 5.43 Å². The summed E-state index contributed by atoms with van der Waals surface area (Å²) in [7, 11) is 2.80. The van der Waals surface area contributed by atoms with Crippen LogP contribution in [0.5, 0.6) is 0 Å². The molecule has 3 fully saturated rings. The van der Waals surface area contributed by atoms with Crippen molar-refractivity contribution in [3.8, 4) is 0 Å². The van der Waals surface area contributed by atoms with Crippen molar-refractivity contribution in [1.29, 1.82) is 0 Å². The fourth-order valence-corrected chi connectivity index (χ4v) is 5.43. The van der Waals surface area contributed by atoms with Gasteiger partial charge in [0.15, 0.2) is 18.9 Å². The normalized spacial score (nSPS) is 38.1. The highest BCUT2D eigenvalue weighted by molar-refractivity contribution is 5.83. The predicted molar refractivity (Wildman–Crippen MR) is 166 cm³/mol. The number of aliphatic hydroxyl groups excluding tert-OH is 10. The molecule has 302 valence electrons. The lowest BCUT2D eigenvalue weighted by molar-refractivity contribution is -0.366. The zero-order valence-electron chi connectivity index (χ0n) is 28.4. The Labute approximate surface area is 297 Å². The number of amides is 3. The number of carbonyl (C=O) groups is 3. The van der Waals surface area contributed by atoms with E-state index in [1.165, 1.54) is 19.0 Å². The summed E-state index contributed by atoms with van der Waals surface area (Å²) in [6, 6.07) is 0. The molecule has 52 heavy (non-hydrogen) atoms. The molecule has 0 aromatic rings. The largest absolute Gasteiger partial charge is 0.394 e. The summed E-state index contributed by atoms with van der Waals surface area (Å²) in [5.41, 5.74) is 4.92. The van der Waals surface area contributed by atoms with Gasteiger partial charge in [0.2, 0.25) is 17.7 Å². The second-order valence-corrected chi connectivity index (χ2v) is 12.2. The van der Waals surface area contributed by atoms with E-state index in [9.17, 15) is 65.4 Å². The quantitative estimate of drug-likeness (QED) is 0.0455. The third-order valence-electron chi connectivity index (χ3n) is 8.45. The molecule has 0 aromatic carbocycles. The number of aliphatic hydroxyl groups is 10. The Hall–Kier alpha value is -2.31. The molecule has 0 saturated carbocycles. The van der Waals surface area contributed by atoms with Gasteiger partial charge >= 0.3 is 0 Å². The number of likely N-dealkylation sites (N-methyl/N-ethyl adjacent to an activating group) is 2. The van der Waals surface area contributed by atoms with Crippen molar-refractivity contribution in [3.63, 3.8) is 0 Å². The summed E-state index contributed by atoms with van der Waals surface area (Å²) in [5, 5.41) is 107. The van der Waals surface area contributed by atoms with E-state index in [1.807, 2.05) is 0 Å². The number of ether oxygens (including phenoxy) is 6. The third kappa shape index (κ3) is 11.6. The summed E-state index contributed by atoms with van der Waals surface area (Å²) in [6.07, 6.45) is -25.4. The molecule has 0 aliphatic carbocycles. The molecule has 3 aliphatic heterocycles. The number of hydrogen-bond donors (Lipinski definition) is 14. The van der Waals surface area contributed by atoms with Crippen molar-refractivity contribution in [2.75, 3.05) is 66.7 Å². The van der Waals surface area contributed by atoms with E-state index in [0.29, 0.717) is 0 Å². The third-order valence-corrected chi connectivity index (χ3v) is 8.45. The molecular formula is C28H51N5O19. The van der Waals surface area contributed by atoms with Crippen LogP contribution in [-0.4, -0.2) is 233 Å². The molecule has 0 bridgehead atoms. The minimum absolute atomic E-state index is 0.115. The molecule has 0 aromatic heterocycles. The Kier molecular flexibility index (Phi) is 17.8. The summed E-state index contributed by atoms with van der Waals surface area (Å²) in [4.78, 5) is 37.3. The van der Waals surface area contributed by atoms with Gasteiger partial charge in [0.05, 0.1) is 46.1 Å². The van der Waals surface area contributed by atoms with E-state index >= 15 is 0 Å². The smallest absolute Gasteiger partial charge is 0.248 e. The minimum Gasteiger partial charge on any atom is -0.394 e. The summed E-state index contributed by atoms with van der Waals surface area (Å²) >= 11 is 0. The molecule has 3 heterocycles. The van der Waals surface area contributed by atoms with Crippen molar-refractivity contribution in [2.45, 2.75) is 92.1 Å². The lowest BCUT2D eigenvalue weighted by Crippen LogP contribution is -2.65. The minimum atomic E-state index is -1.92. The maximum absolute atomic E-state index is 12.4. The average Bonchev–Trinajstić information content (AvgIpc) is 3.12. The van der Waals surface area contributed by atoms with Crippen LogP contribution in [0.2, 0.25) is 0 Å². The van der Waals surface area contributed by atoms with Gasteiger partial charge in [-0.3, -0.25) is 24.7 Å².